The summed E-state index contributed by atoms with van der Waals surface area (Å²) in [4.78, 5) is 0. The maximum Gasteiger partial charge on any atom is 0.141 e. The quantitative estimate of drug-likeness (QED) is 0.860. The normalized spacial score (nSPS) is 12.0. The fraction of sp³-hybridized carbons (Fsp3) is 0.250. The lowest BCUT2D eigenvalue weighted by Gasteiger charge is -2.11. The van der Waals surface area contributed by atoms with Crippen LogP contribution < -0.4 is 9.47 Å². The summed E-state index contributed by atoms with van der Waals surface area (Å²) >= 11 is 3.45. The van der Waals surface area contributed by atoms with E-state index in [1.807, 2.05) is 49.4 Å². The molecule has 3 nitrogen and oxygen atoms in total. The summed E-state index contributed by atoms with van der Waals surface area (Å²) in [6.45, 7) is 4.29. The molecule has 1 N–H and O–H groups in total. The molecule has 0 saturated carbocycles. The van der Waals surface area contributed by atoms with Crippen LogP contribution in [0.25, 0.3) is 0 Å². The van der Waals surface area contributed by atoms with Gasteiger partial charge in [0.2, 0.25) is 0 Å². The molecule has 4 heteroatoms. The minimum atomic E-state index is -0.498. The second-order valence-electron chi connectivity index (χ2n) is 4.38. The van der Waals surface area contributed by atoms with Gasteiger partial charge < -0.3 is 14.6 Å². The largest absolute Gasteiger partial charge is 0.494 e. The first kappa shape index (κ1) is 14.9. The third-order valence-corrected chi connectivity index (χ3v) is 3.40. The molecule has 2 aromatic carbocycles. The Morgan fingerprint density at radius 2 is 1.90 bits per heavy atom. The van der Waals surface area contributed by atoms with Gasteiger partial charge in [0.25, 0.3) is 0 Å². The van der Waals surface area contributed by atoms with Crippen LogP contribution in [-0.2, 0) is 0 Å². The SMILES string of the molecule is CCOc1cccc(Oc2ccc([C@H](C)O)cc2Br)c1. The van der Waals surface area contributed by atoms with Gasteiger partial charge in [0.15, 0.2) is 0 Å². The van der Waals surface area contributed by atoms with Crippen molar-refractivity contribution in [3.63, 3.8) is 0 Å². The Balaban J connectivity index is 2.19. The Labute approximate surface area is 127 Å². The second kappa shape index (κ2) is 6.77. The molecule has 0 aliphatic heterocycles. The van der Waals surface area contributed by atoms with Crippen molar-refractivity contribution in [1.82, 2.24) is 0 Å². The smallest absolute Gasteiger partial charge is 0.141 e. The Morgan fingerprint density at radius 1 is 1.15 bits per heavy atom. The number of halogens is 1. The molecule has 0 aromatic heterocycles. The number of aliphatic hydroxyl groups is 1. The van der Waals surface area contributed by atoms with Crippen molar-refractivity contribution in [2.45, 2.75) is 20.0 Å². The summed E-state index contributed by atoms with van der Waals surface area (Å²) in [5.41, 5.74) is 0.840. The van der Waals surface area contributed by atoms with E-state index in [0.29, 0.717) is 18.1 Å². The van der Waals surface area contributed by atoms with Gasteiger partial charge in [-0.3, -0.25) is 0 Å². The molecule has 0 fully saturated rings. The van der Waals surface area contributed by atoms with E-state index in [4.69, 9.17) is 9.47 Å². The summed E-state index contributed by atoms with van der Waals surface area (Å²) in [5.74, 6) is 2.19. The van der Waals surface area contributed by atoms with Crippen molar-refractivity contribution in [3.05, 3.63) is 52.5 Å². The molecule has 0 saturated heterocycles. The molecule has 20 heavy (non-hydrogen) atoms. The highest BCUT2D eigenvalue weighted by Crippen LogP contribution is 2.33. The van der Waals surface area contributed by atoms with Crippen molar-refractivity contribution in [3.8, 4) is 17.2 Å². The van der Waals surface area contributed by atoms with Crippen LogP contribution in [0, 0.1) is 0 Å². The number of ether oxygens (including phenoxy) is 2. The maximum absolute atomic E-state index is 9.55. The van der Waals surface area contributed by atoms with Crippen LogP contribution >= 0.6 is 15.9 Å². The fourth-order valence-corrected chi connectivity index (χ4v) is 2.26. The molecule has 0 bridgehead atoms. The Kier molecular flexibility index (Phi) is 5.04. The zero-order valence-electron chi connectivity index (χ0n) is 11.5. The molecule has 0 spiro atoms. The van der Waals surface area contributed by atoms with Crippen molar-refractivity contribution in [2.75, 3.05) is 6.61 Å². The monoisotopic (exact) mass is 336 g/mol. The molecular weight excluding hydrogens is 320 g/mol. The first-order valence-electron chi connectivity index (χ1n) is 6.48. The lowest BCUT2D eigenvalue weighted by Crippen LogP contribution is -1.93. The van der Waals surface area contributed by atoms with Gasteiger partial charge in [-0.25, -0.2) is 0 Å². The maximum atomic E-state index is 9.55. The third kappa shape index (κ3) is 3.74. The summed E-state index contributed by atoms with van der Waals surface area (Å²) in [5, 5.41) is 9.55. The minimum absolute atomic E-state index is 0.498. The Morgan fingerprint density at radius 3 is 2.55 bits per heavy atom. The van der Waals surface area contributed by atoms with Crippen LogP contribution in [0.5, 0.6) is 17.2 Å². The van der Waals surface area contributed by atoms with Crippen molar-refractivity contribution < 1.29 is 14.6 Å². The van der Waals surface area contributed by atoms with Crippen LogP contribution in [0.3, 0.4) is 0 Å². The van der Waals surface area contributed by atoms with Crippen LogP contribution in [-0.4, -0.2) is 11.7 Å². The summed E-state index contributed by atoms with van der Waals surface area (Å²) in [6, 6.07) is 13.0. The van der Waals surface area contributed by atoms with E-state index in [2.05, 4.69) is 15.9 Å². The van der Waals surface area contributed by atoms with E-state index in [1.165, 1.54) is 0 Å². The lowest BCUT2D eigenvalue weighted by atomic mass is 10.1. The third-order valence-electron chi connectivity index (χ3n) is 2.78. The highest BCUT2D eigenvalue weighted by atomic mass is 79.9. The second-order valence-corrected chi connectivity index (χ2v) is 5.23. The molecule has 0 radical (unpaired) electrons. The average molecular weight is 337 g/mol. The molecule has 0 unspecified atom stereocenters. The summed E-state index contributed by atoms with van der Waals surface area (Å²) < 4.78 is 12.1. The molecule has 1 atom stereocenters. The molecule has 0 aliphatic carbocycles. The lowest BCUT2D eigenvalue weighted by molar-refractivity contribution is 0.199. The predicted octanol–water partition coefficient (Wildman–Crippen LogP) is 4.69. The molecule has 2 aromatic rings. The molecule has 106 valence electrons. The van der Waals surface area contributed by atoms with Gasteiger partial charge in [0, 0.05) is 6.07 Å². The van der Waals surface area contributed by atoms with Gasteiger partial charge in [-0.2, -0.15) is 0 Å². The number of rotatable bonds is 5. The zero-order chi connectivity index (χ0) is 14.5. The average Bonchev–Trinajstić information content (AvgIpc) is 2.42. The van der Waals surface area contributed by atoms with E-state index < -0.39 is 6.10 Å². The van der Waals surface area contributed by atoms with E-state index in [-0.39, 0.29) is 0 Å². The van der Waals surface area contributed by atoms with Crippen molar-refractivity contribution in [2.24, 2.45) is 0 Å². The van der Waals surface area contributed by atoms with Crippen molar-refractivity contribution >= 4 is 15.9 Å². The molecule has 2 rings (SSSR count). The van der Waals surface area contributed by atoms with Crippen LogP contribution in [0.15, 0.2) is 46.9 Å². The van der Waals surface area contributed by atoms with Crippen LogP contribution in [0.2, 0.25) is 0 Å². The number of aliphatic hydroxyl groups excluding tert-OH is 1. The predicted molar refractivity (Wildman–Crippen MR) is 82.5 cm³/mol. The highest BCUT2D eigenvalue weighted by Gasteiger charge is 2.07. The Bertz CT molecular complexity index is 582. The van der Waals surface area contributed by atoms with Crippen molar-refractivity contribution in [1.29, 1.82) is 0 Å². The van der Waals surface area contributed by atoms with Gasteiger partial charge in [-0.1, -0.05) is 12.1 Å². The van der Waals surface area contributed by atoms with Gasteiger partial charge in [0.1, 0.15) is 17.2 Å². The van der Waals surface area contributed by atoms with E-state index in [0.717, 1.165) is 15.8 Å². The Hall–Kier alpha value is -1.52. The van der Waals surface area contributed by atoms with Gasteiger partial charge in [-0.15, -0.1) is 0 Å². The highest BCUT2D eigenvalue weighted by molar-refractivity contribution is 9.10. The zero-order valence-corrected chi connectivity index (χ0v) is 13.1. The fourth-order valence-electron chi connectivity index (χ4n) is 1.78. The number of hydrogen-bond donors (Lipinski definition) is 1. The number of hydrogen-bond acceptors (Lipinski definition) is 3. The van der Waals surface area contributed by atoms with Crippen LogP contribution in [0.4, 0.5) is 0 Å². The topological polar surface area (TPSA) is 38.7 Å². The molecule has 0 aliphatic rings. The van der Waals surface area contributed by atoms with Gasteiger partial charge >= 0.3 is 0 Å². The first-order valence-corrected chi connectivity index (χ1v) is 7.27. The number of benzene rings is 2. The molecule has 0 heterocycles. The first-order chi connectivity index (χ1) is 9.60. The summed E-state index contributed by atoms with van der Waals surface area (Å²) in [6.07, 6.45) is -0.498. The summed E-state index contributed by atoms with van der Waals surface area (Å²) in [7, 11) is 0. The van der Waals surface area contributed by atoms with Gasteiger partial charge in [-0.05, 0) is 59.6 Å². The van der Waals surface area contributed by atoms with E-state index in [9.17, 15) is 5.11 Å². The van der Waals surface area contributed by atoms with Crippen LogP contribution in [0.1, 0.15) is 25.5 Å². The molecule has 0 amide bonds. The minimum Gasteiger partial charge on any atom is -0.494 e. The van der Waals surface area contributed by atoms with Gasteiger partial charge in [0.05, 0.1) is 17.2 Å². The standard InChI is InChI=1S/C16H17BrO3/c1-3-19-13-5-4-6-14(10-13)20-16-8-7-12(11(2)18)9-15(16)17/h4-11,18H,3H2,1-2H3/t11-/m0/s1. The van der Waals surface area contributed by atoms with E-state index in [1.54, 1.807) is 6.92 Å². The van der Waals surface area contributed by atoms with E-state index >= 15 is 0 Å². The molecular formula is C16H17BrO3.